The number of nitrogens with one attached hydrogen (secondary N) is 1. The summed E-state index contributed by atoms with van der Waals surface area (Å²) in [4.78, 5) is 0. The van der Waals surface area contributed by atoms with Gasteiger partial charge in [-0.1, -0.05) is 24.3 Å². The van der Waals surface area contributed by atoms with Gasteiger partial charge in [-0.3, -0.25) is 0 Å². The number of allylic oxidation sites excluding steroid dienone is 1. The van der Waals surface area contributed by atoms with Gasteiger partial charge in [0.05, 0.1) is 11.7 Å². The van der Waals surface area contributed by atoms with E-state index in [9.17, 15) is 18.3 Å². The highest BCUT2D eigenvalue weighted by molar-refractivity contribution is 5.26. The summed E-state index contributed by atoms with van der Waals surface area (Å²) in [7, 11) is 0. The van der Waals surface area contributed by atoms with Crippen LogP contribution in [0.5, 0.6) is 0 Å². The van der Waals surface area contributed by atoms with Gasteiger partial charge in [0, 0.05) is 12.6 Å². The van der Waals surface area contributed by atoms with E-state index in [4.69, 9.17) is 0 Å². The van der Waals surface area contributed by atoms with Gasteiger partial charge < -0.3 is 10.4 Å². The smallest absolute Gasteiger partial charge is 0.387 e. The highest BCUT2D eigenvalue weighted by Crippen LogP contribution is 2.29. The van der Waals surface area contributed by atoms with Crippen molar-refractivity contribution in [3.05, 3.63) is 47.5 Å². The lowest BCUT2D eigenvalue weighted by atomic mass is 10.0. The van der Waals surface area contributed by atoms with Crippen molar-refractivity contribution in [3.8, 4) is 0 Å². The maximum absolute atomic E-state index is 12.4. The molecule has 5 heteroatoms. The van der Waals surface area contributed by atoms with Crippen molar-refractivity contribution in [2.45, 2.75) is 37.6 Å². The van der Waals surface area contributed by atoms with E-state index >= 15 is 0 Å². The average molecular weight is 285 g/mol. The highest BCUT2D eigenvalue weighted by Gasteiger charge is 2.30. The maximum Gasteiger partial charge on any atom is 0.416 e. The molecule has 20 heavy (non-hydrogen) atoms. The molecule has 0 aromatic heterocycles. The van der Waals surface area contributed by atoms with Gasteiger partial charge in [-0.2, -0.15) is 13.2 Å². The molecule has 0 fully saturated rings. The third kappa shape index (κ3) is 4.08. The fraction of sp³-hybridized carbons (Fsp3) is 0.467. The Hall–Kier alpha value is -1.33. The summed E-state index contributed by atoms with van der Waals surface area (Å²) in [5, 5.41) is 13.2. The van der Waals surface area contributed by atoms with E-state index in [0.717, 1.165) is 31.4 Å². The third-order valence-corrected chi connectivity index (χ3v) is 3.49. The monoisotopic (exact) mass is 285 g/mol. The van der Waals surface area contributed by atoms with Crippen molar-refractivity contribution in [1.29, 1.82) is 0 Å². The van der Waals surface area contributed by atoms with Crippen LogP contribution >= 0.6 is 0 Å². The van der Waals surface area contributed by atoms with Crippen LogP contribution < -0.4 is 5.32 Å². The Bertz CT molecular complexity index is 453. The predicted molar refractivity (Wildman–Crippen MR) is 71.2 cm³/mol. The van der Waals surface area contributed by atoms with Crippen LogP contribution in [-0.4, -0.2) is 17.7 Å². The van der Waals surface area contributed by atoms with Crippen LogP contribution in [-0.2, 0) is 6.18 Å². The van der Waals surface area contributed by atoms with E-state index in [1.54, 1.807) is 0 Å². The Balaban J connectivity index is 1.88. The lowest BCUT2D eigenvalue weighted by Crippen LogP contribution is -2.33. The number of hydrogen-bond acceptors (Lipinski definition) is 2. The molecule has 0 saturated heterocycles. The Morgan fingerprint density at radius 2 is 1.90 bits per heavy atom. The van der Waals surface area contributed by atoms with Gasteiger partial charge in [-0.25, -0.2) is 0 Å². The van der Waals surface area contributed by atoms with Crippen molar-refractivity contribution in [3.63, 3.8) is 0 Å². The molecule has 110 valence electrons. The van der Waals surface area contributed by atoms with E-state index < -0.39 is 17.8 Å². The first kappa shape index (κ1) is 15.1. The fourth-order valence-corrected chi connectivity index (χ4v) is 2.27. The van der Waals surface area contributed by atoms with Crippen LogP contribution in [0, 0.1) is 0 Å². The molecule has 2 N–H and O–H groups in total. The van der Waals surface area contributed by atoms with E-state index in [2.05, 4.69) is 17.5 Å². The summed E-state index contributed by atoms with van der Waals surface area (Å²) in [6, 6.07) is 5.00. The largest absolute Gasteiger partial charge is 0.416 e. The van der Waals surface area contributed by atoms with Crippen LogP contribution in [0.15, 0.2) is 36.4 Å². The minimum Gasteiger partial charge on any atom is -0.387 e. The molecule has 0 bridgehead atoms. The van der Waals surface area contributed by atoms with Crippen molar-refractivity contribution in [2.75, 3.05) is 6.54 Å². The number of benzene rings is 1. The van der Waals surface area contributed by atoms with Crippen molar-refractivity contribution in [1.82, 2.24) is 5.32 Å². The Labute approximate surface area is 116 Å². The second-order valence-corrected chi connectivity index (χ2v) is 5.03. The minimum atomic E-state index is -4.34. The lowest BCUT2D eigenvalue weighted by Gasteiger charge is -2.21. The van der Waals surface area contributed by atoms with Gasteiger partial charge in [0.2, 0.25) is 0 Å². The number of halogens is 3. The van der Waals surface area contributed by atoms with Gasteiger partial charge in [0.25, 0.3) is 0 Å². The van der Waals surface area contributed by atoms with Crippen LogP contribution in [0.3, 0.4) is 0 Å². The van der Waals surface area contributed by atoms with E-state index in [1.807, 2.05) is 0 Å². The molecule has 0 spiro atoms. The van der Waals surface area contributed by atoms with Gasteiger partial charge in [0.1, 0.15) is 0 Å². The van der Waals surface area contributed by atoms with Gasteiger partial charge >= 0.3 is 6.18 Å². The zero-order valence-corrected chi connectivity index (χ0v) is 11.0. The van der Waals surface area contributed by atoms with Crippen LogP contribution in [0.4, 0.5) is 13.2 Å². The number of alkyl halides is 3. The number of rotatable bonds is 4. The molecule has 0 radical (unpaired) electrons. The van der Waals surface area contributed by atoms with Gasteiger partial charge in [0.15, 0.2) is 0 Å². The zero-order valence-electron chi connectivity index (χ0n) is 11.0. The standard InChI is InChI=1S/C15H18F3NO/c16-15(17,18)12-8-6-11(7-9-12)14(20)10-19-13-4-2-1-3-5-13/h1-2,6-9,13-14,19-20H,3-5,10H2. The summed E-state index contributed by atoms with van der Waals surface area (Å²) < 4.78 is 37.3. The molecule has 0 heterocycles. The molecule has 1 aliphatic carbocycles. The quantitative estimate of drug-likeness (QED) is 0.831. The second-order valence-electron chi connectivity index (χ2n) is 5.03. The van der Waals surface area contributed by atoms with E-state index in [-0.39, 0.29) is 0 Å². The Morgan fingerprint density at radius 1 is 1.20 bits per heavy atom. The topological polar surface area (TPSA) is 32.3 Å². The molecule has 2 unspecified atom stereocenters. The molecule has 1 aromatic rings. The fourth-order valence-electron chi connectivity index (χ4n) is 2.27. The Kier molecular flexibility index (Phi) is 4.83. The first-order valence-electron chi connectivity index (χ1n) is 6.70. The number of hydrogen-bond donors (Lipinski definition) is 2. The molecule has 2 nitrogen and oxygen atoms in total. The van der Waals surface area contributed by atoms with Crippen LogP contribution in [0.1, 0.15) is 36.5 Å². The van der Waals surface area contributed by atoms with Crippen molar-refractivity contribution >= 4 is 0 Å². The van der Waals surface area contributed by atoms with E-state index in [1.165, 1.54) is 12.1 Å². The normalized spacial score (nSPS) is 20.9. The molecule has 0 amide bonds. The average Bonchev–Trinajstić information content (AvgIpc) is 2.45. The molecular weight excluding hydrogens is 267 g/mol. The molecule has 1 aromatic carbocycles. The zero-order chi connectivity index (χ0) is 14.6. The number of aliphatic hydroxyl groups excluding tert-OH is 1. The molecule has 2 atom stereocenters. The highest BCUT2D eigenvalue weighted by atomic mass is 19.4. The minimum absolute atomic E-state index is 0.337. The van der Waals surface area contributed by atoms with Crippen LogP contribution in [0.25, 0.3) is 0 Å². The summed E-state index contributed by atoms with van der Waals surface area (Å²) >= 11 is 0. The maximum atomic E-state index is 12.4. The lowest BCUT2D eigenvalue weighted by molar-refractivity contribution is -0.137. The first-order valence-corrected chi connectivity index (χ1v) is 6.70. The molecule has 1 aliphatic rings. The first-order chi connectivity index (χ1) is 9.47. The van der Waals surface area contributed by atoms with Crippen molar-refractivity contribution in [2.24, 2.45) is 0 Å². The van der Waals surface area contributed by atoms with Gasteiger partial charge in [-0.15, -0.1) is 0 Å². The summed E-state index contributed by atoms with van der Waals surface area (Å²) in [6.07, 6.45) is 2.08. The third-order valence-electron chi connectivity index (χ3n) is 3.49. The van der Waals surface area contributed by atoms with E-state index in [0.29, 0.717) is 18.2 Å². The van der Waals surface area contributed by atoms with Crippen molar-refractivity contribution < 1.29 is 18.3 Å². The summed E-state index contributed by atoms with van der Waals surface area (Å²) in [5.41, 5.74) is -0.198. The van der Waals surface area contributed by atoms with Crippen LogP contribution in [0.2, 0.25) is 0 Å². The molecule has 0 saturated carbocycles. The second kappa shape index (κ2) is 6.41. The molecular formula is C15H18F3NO. The predicted octanol–water partition coefficient (Wildman–Crippen LogP) is 3.44. The molecule has 0 aliphatic heterocycles. The number of aliphatic hydroxyl groups is 1. The summed E-state index contributed by atoms with van der Waals surface area (Å²) in [5.74, 6) is 0. The van der Waals surface area contributed by atoms with Gasteiger partial charge in [-0.05, 0) is 37.0 Å². The summed E-state index contributed by atoms with van der Waals surface area (Å²) in [6.45, 7) is 0.351. The Morgan fingerprint density at radius 3 is 2.45 bits per heavy atom. The SMILES string of the molecule is OC(CNC1CC=CCC1)c1ccc(C(F)(F)F)cc1. The molecule has 2 rings (SSSR count).